The largest absolute Gasteiger partial charge is 0.357 e. The van der Waals surface area contributed by atoms with Crippen LogP contribution >= 0.6 is 11.6 Å². The Balaban J connectivity index is 1.76. The maximum absolute atomic E-state index is 14.4. The number of anilines is 1. The molecule has 2 N–H and O–H groups in total. The molecule has 0 atom stereocenters. The van der Waals surface area contributed by atoms with E-state index in [2.05, 4.69) is 15.3 Å². The van der Waals surface area contributed by atoms with Crippen LogP contribution in [0.25, 0.3) is 10.9 Å². The Kier molecular flexibility index (Phi) is 4.13. The summed E-state index contributed by atoms with van der Waals surface area (Å²) >= 11 is 6.03. The van der Waals surface area contributed by atoms with E-state index in [1.165, 1.54) is 18.5 Å². The van der Waals surface area contributed by atoms with Gasteiger partial charge in [0.15, 0.2) is 11.6 Å². The summed E-state index contributed by atoms with van der Waals surface area (Å²) in [5, 5.41) is 12.0. The van der Waals surface area contributed by atoms with Gasteiger partial charge in [0, 0.05) is 29.3 Å². The van der Waals surface area contributed by atoms with Crippen molar-refractivity contribution in [2.75, 3.05) is 5.32 Å². The molecule has 8 heteroatoms. The first kappa shape index (κ1) is 17.2. The highest BCUT2D eigenvalue weighted by molar-refractivity contribution is 6.35. The fraction of sp³-hybridized carbons (Fsp3) is 0.158. The fourth-order valence-electron chi connectivity index (χ4n) is 2.89. The Hall–Kier alpha value is -3.24. The number of ketones is 1. The molecule has 0 spiro atoms. The SMILES string of the molecule is N#Cc1cc(F)c(C(=O)c2c[nH]c3c(NC(=O)C4CC4)nccc23)c(Cl)c1. The van der Waals surface area contributed by atoms with E-state index in [1.54, 1.807) is 12.1 Å². The maximum atomic E-state index is 14.4. The molecule has 4 rings (SSSR count). The molecule has 2 aromatic heterocycles. The van der Waals surface area contributed by atoms with Crippen molar-refractivity contribution in [3.05, 3.63) is 58.1 Å². The third-order valence-corrected chi connectivity index (χ3v) is 4.73. The van der Waals surface area contributed by atoms with E-state index in [0.29, 0.717) is 16.7 Å². The summed E-state index contributed by atoms with van der Waals surface area (Å²) in [6.45, 7) is 0. The lowest BCUT2D eigenvalue weighted by Gasteiger charge is -2.06. The summed E-state index contributed by atoms with van der Waals surface area (Å²) < 4.78 is 14.4. The monoisotopic (exact) mass is 382 g/mol. The minimum atomic E-state index is -0.866. The summed E-state index contributed by atoms with van der Waals surface area (Å²) in [4.78, 5) is 32.0. The van der Waals surface area contributed by atoms with Gasteiger partial charge in [-0.05, 0) is 31.0 Å². The first-order chi connectivity index (χ1) is 13.0. The van der Waals surface area contributed by atoms with Crippen molar-refractivity contribution in [1.82, 2.24) is 9.97 Å². The van der Waals surface area contributed by atoms with Crippen LogP contribution in [0.15, 0.2) is 30.6 Å². The lowest BCUT2D eigenvalue weighted by Crippen LogP contribution is -2.14. The van der Waals surface area contributed by atoms with E-state index < -0.39 is 11.6 Å². The minimum absolute atomic E-state index is 0.00433. The number of nitrogens with zero attached hydrogens (tertiary/aromatic N) is 2. The van der Waals surface area contributed by atoms with Crippen LogP contribution in [-0.2, 0) is 4.79 Å². The lowest BCUT2D eigenvalue weighted by molar-refractivity contribution is -0.117. The molecule has 1 aliphatic carbocycles. The lowest BCUT2D eigenvalue weighted by atomic mass is 10.0. The zero-order chi connectivity index (χ0) is 19.1. The second-order valence-electron chi connectivity index (χ2n) is 6.30. The number of amides is 1. The van der Waals surface area contributed by atoms with Crippen molar-refractivity contribution in [3.8, 4) is 6.07 Å². The van der Waals surface area contributed by atoms with E-state index in [4.69, 9.17) is 16.9 Å². The first-order valence-corrected chi connectivity index (χ1v) is 8.58. The third kappa shape index (κ3) is 3.04. The molecule has 1 aromatic carbocycles. The number of H-pyrrole nitrogens is 1. The molecule has 0 radical (unpaired) electrons. The number of halogens is 2. The Bertz CT molecular complexity index is 1120. The van der Waals surface area contributed by atoms with Crippen LogP contribution in [0, 0.1) is 23.1 Å². The summed E-state index contributed by atoms with van der Waals surface area (Å²) in [7, 11) is 0. The molecule has 3 aromatic rings. The van der Waals surface area contributed by atoms with Crippen LogP contribution in [0.4, 0.5) is 10.2 Å². The molecule has 0 unspecified atom stereocenters. The normalized spacial score (nSPS) is 13.4. The van der Waals surface area contributed by atoms with E-state index >= 15 is 0 Å². The number of nitrogens with one attached hydrogen (secondary N) is 2. The number of aromatic amines is 1. The summed E-state index contributed by atoms with van der Waals surface area (Å²) in [6.07, 6.45) is 4.60. The molecule has 27 heavy (non-hydrogen) atoms. The number of carbonyl (C=O) groups excluding carboxylic acids is 2. The predicted octanol–water partition coefficient (Wildman–Crippen LogP) is 3.81. The molecule has 2 heterocycles. The van der Waals surface area contributed by atoms with Gasteiger partial charge in [-0.15, -0.1) is 0 Å². The maximum Gasteiger partial charge on any atom is 0.228 e. The average Bonchev–Trinajstić information content (AvgIpc) is 3.40. The molecule has 0 saturated heterocycles. The molecule has 0 aliphatic heterocycles. The van der Waals surface area contributed by atoms with Crippen LogP contribution in [0.3, 0.4) is 0 Å². The number of pyridine rings is 1. The van der Waals surface area contributed by atoms with Gasteiger partial charge in [0.25, 0.3) is 0 Å². The van der Waals surface area contributed by atoms with Gasteiger partial charge in [-0.25, -0.2) is 9.37 Å². The van der Waals surface area contributed by atoms with Gasteiger partial charge in [0.05, 0.1) is 27.7 Å². The smallest absolute Gasteiger partial charge is 0.228 e. The number of aromatic nitrogens is 2. The van der Waals surface area contributed by atoms with Crippen LogP contribution in [-0.4, -0.2) is 21.7 Å². The fourth-order valence-corrected chi connectivity index (χ4v) is 3.18. The summed E-state index contributed by atoms with van der Waals surface area (Å²) in [6, 6.07) is 5.60. The van der Waals surface area contributed by atoms with E-state index in [-0.39, 0.29) is 33.5 Å². The molecular formula is C19H12ClFN4O2. The zero-order valence-electron chi connectivity index (χ0n) is 13.8. The van der Waals surface area contributed by atoms with Gasteiger partial charge in [-0.3, -0.25) is 9.59 Å². The van der Waals surface area contributed by atoms with Crippen molar-refractivity contribution in [3.63, 3.8) is 0 Å². The number of rotatable bonds is 4. The molecule has 6 nitrogen and oxygen atoms in total. The molecule has 1 amide bonds. The predicted molar refractivity (Wildman–Crippen MR) is 97.0 cm³/mol. The highest BCUT2D eigenvalue weighted by Gasteiger charge is 2.30. The minimum Gasteiger partial charge on any atom is -0.357 e. The van der Waals surface area contributed by atoms with Crippen molar-refractivity contribution < 1.29 is 14.0 Å². The van der Waals surface area contributed by atoms with Crippen LogP contribution in [0.5, 0.6) is 0 Å². The standard InChI is InChI=1S/C19H12ClFN4O2/c20-13-5-9(7-22)6-14(21)15(13)17(26)12-8-24-16-11(12)3-4-23-18(16)25-19(27)10-1-2-10/h3-6,8,10,24H,1-2H2,(H,23,25,27). The van der Waals surface area contributed by atoms with Gasteiger partial charge >= 0.3 is 0 Å². The van der Waals surface area contributed by atoms with E-state index in [1.807, 2.05) is 0 Å². The van der Waals surface area contributed by atoms with Gasteiger partial charge in [-0.2, -0.15) is 5.26 Å². The quantitative estimate of drug-likeness (QED) is 0.670. The first-order valence-electron chi connectivity index (χ1n) is 8.20. The van der Waals surface area contributed by atoms with E-state index in [9.17, 15) is 14.0 Å². The van der Waals surface area contributed by atoms with Gasteiger partial charge in [0.2, 0.25) is 5.91 Å². The van der Waals surface area contributed by atoms with Gasteiger partial charge < -0.3 is 10.3 Å². The highest BCUT2D eigenvalue weighted by atomic mass is 35.5. The molecule has 1 fully saturated rings. The Morgan fingerprint density at radius 1 is 1.37 bits per heavy atom. The molecule has 1 aliphatic rings. The second-order valence-corrected chi connectivity index (χ2v) is 6.71. The Labute approximate surface area is 158 Å². The van der Waals surface area contributed by atoms with Crippen LogP contribution < -0.4 is 5.32 Å². The van der Waals surface area contributed by atoms with Gasteiger partial charge in [0.1, 0.15) is 5.82 Å². The number of hydrogen-bond acceptors (Lipinski definition) is 4. The molecule has 0 bridgehead atoms. The molecule has 134 valence electrons. The average molecular weight is 383 g/mol. The van der Waals surface area contributed by atoms with Crippen LogP contribution in [0.2, 0.25) is 5.02 Å². The van der Waals surface area contributed by atoms with E-state index in [0.717, 1.165) is 18.9 Å². The number of fused-ring (bicyclic) bond motifs is 1. The topological polar surface area (TPSA) is 98.6 Å². The van der Waals surface area contributed by atoms with Crippen molar-refractivity contribution in [2.45, 2.75) is 12.8 Å². The number of benzene rings is 1. The number of hydrogen-bond donors (Lipinski definition) is 2. The number of carbonyl (C=O) groups is 2. The second kappa shape index (κ2) is 6.49. The Morgan fingerprint density at radius 2 is 2.15 bits per heavy atom. The molecule has 1 saturated carbocycles. The molecular weight excluding hydrogens is 371 g/mol. The zero-order valence-corrected chi connectivity index (χ0v) is 14.6. The summed E-state index contributed by atoms with van der Waals surface area (Å²) in [5.74, 6) is -1.29. The Morgan fingerprint density at radius 3 is 2.81 bits per heavy atom. The van der Waals surface area contributed by atoms with Crippen molar-refractivity contribution in [2.24, 2.45) is 5.92 Å². The summed E-state index contributed by atoms with van der Waals surface area (Å²) in [5.41, 5.74) is 0.388. The number of nitriles is 1. The third-order valence-electron chi connectivity index (χ3n) is 4.43. The van der Waals surface area contributed by atoms with Crippen molar-refractivity contribution >= 4 is 40.0 Å². The van der Waals surface area contributed by atoms with Crippen molar-refractivity contribution in [1.29, 1.82) is 5.26 Å². The van der Waals surface area contributed by atoms with Crippen LogP contribution in [0.1, 0.15) is 34.3 Å². The highest BCUT2D eigenvalue weighted by Crippen LogP contribution is 2.32. The van der Waals surface area contributed by atoms with Gasteiger partial charge in [-0.1, -0.05) is 11.6 Å².